The summed E-state index contributed by atoms with van der Waals surface area (Å²) in [5.41, 5.74) is 0.826. The van der Waals surface area contributed by atoms with Gasteiger partial charge in [0.2, 0.25) is 0 Å². The average Bonchev–Trinajstić information content (AvgIpc) is 3.14. The largest absolute Gasteiger partial charge is 0.507 e. The zero-order valence-electron chi connectivity index (χ0n) is 19.5. The Balaban J connectivity index is 1.81. The summed E-state index contributed by atoms with van der Waals surface area (Å²) < 4.78 is 16.3. The number of aliphatic hydroxyl groups excluding tert-OH is 1. The zero-order chi connectivity index (χ0) is 25.1. The van der Waals surface area contributed by atoms with Gasteiger partial charge in [0.05, 0.1) is 43.5 Å². The Morgan fingerprint density at radius 1 is 1.11 bits per heavy atom. The number of amides is 1. The Kier molecular flexibility index (Phi) is 7.63. The number of halogens is 1. The lowest BCUT2D eigenvalue weighted by Gasteiger charge is -2.31. The molecule has 186 valence electrons. The Morgan fingerprint density at radius 2 is 1.86 bits per heavy atom. The number of methoxy groups -OCH3 is 2. The minimum Gasteiger partial charge on any atom is -0.507 e. The monoisotopic (exact) mass is 546 g/mol. The van der Waals surface area contributed by atoms with Crippen LogP contribution in [0.4, 0.5) is 0 Å². The van der Waals surface area contributed by atoms with Crippen molar-refractivity contribution in [2.24, 2.45) is 0 Å². The molecule has 2 aromatic carbocycles. The molecule has 1 unspecified atom stereocenters. The first-order valence-corrected chi connectivity index (χ1v) is 11.9. The molecule has 2 aliphatic heterocycles. The topological polar surface area (TPSA) is 109 Å². The second-order valence-electron chi connectivity index (χ2n) is 8.23. The first kappa shape index (κ1) is 25.0. The molecule has 0 radical (unpaired) electrons. The molecule has 2 N–H and O–H groups in total. The lowest BCUT2D eigenvalue weighted by molar-refractivity contribution is -0.140. The van der Waals surface area contributed by atoms with Crippen molar-refractivity contribution in [3.8, 4) is 17.2 Å². The molecule has 10 heteroatoms. The number of morpholine rings is 1. The highest BCUT2D eigenvalue weighted by atomic mass is 79.9. The van der Waals surface area contributed by atoms with Crippen molar-refractivity contribution in [1.29, 1.82) is 0 Å². The van der Waals surface area contributed by atoms with E-state index in [0.717, 1.165) is 13.1 Å². The summed E-state index contributed by atoms with van der Waals surface area (Å²) in [4.78, 5) is 30.1. The summed E-state index contributed by atoms with van der Waals surface area (Å²) in [6.07, 6.45) is 0. The minimum atomic E-state index is -0.881. The van der Waals surface area contributed by atoms with Crippen LogP contribution in [0.25, 0.3) is 5.76 Å². The number of aromatic hydroxyl groups is 1. The Morgan fingerprint density at radius 3 is 2.54 bits per heavy atom. The molecule has 0 aromatic heterocycles. The molecular weight excluding hydrogens is 520 g/mol. The van der Waals surface area contributed by atoms with E-state index in [1.807, 2.05) is 0 Å². The summed E-state index contributed by atoms with van der Waals surface area (Å²) in [7, 11) is 2.92. The number of phenolic OH excluding ortho intramolecular Hbond substituents is 1. The normalized spacial score (nSPS) is 20.3. The van der Waals surface area contributed by atoms with Crippen LogP contribution in [0.2, 0.25) is 0 Å². The number of rotatable bonds is 7. The van der Waals surface area contributed by atoms with Gasteiger partial charge >= 0.3 is 0 Å². The van der Waals surface area contributed by atoms with Gasteiger partial charge in [0.25, 0.3) is 11.7 Å². The van der Waals surface area contributed by atoms with E-state index in [1.165, 1.54) is 19.1 Å². The average molecular weight is 547 g/mol. The van der Waals surface area contributed by atoms with Gasteiger partial charge in [-0.3, -0.25) is 14.5 Å². The van der Waals surface area contributed by atoms with Gasteiger partial charge in [0.1, 0.15) is 11.5 Å². The second kappa shape index (κ2) is 10.7. The van der Waals surface area contributed by atoms with E-state index in [0.29, 0.717) is 41.1 Å². The zero-order valence-corrected chi connectivity index (χ0v) is 21.1. The van der Waals surface area contributed by atoms with Gasteiger partial charge in [-0.25, -0.2) is 0 Å². The van der Waals surface area contributed by atoms with Crippen LogP contribution in [0.15, 0.2) is 46.4 Å². The number of ether oxygens (including phenoxy) is 3. The van der Waals surface area contributed by atoms with Crippen LogP contribution >= 0.6 is 15.9 Å². The summed E-state index contributed by atoms with van der Waals surface area (Å²) in [5, 5.41) is 21.6. The quantitative estimate of drug-likeness (QED) is 0.310. The van der Waals surface area contributed by atoms with Crippen molar-refractivity contribution in [3.63, 3.8) is 0 Å². The third-order valence-corrected chi connectivity index (χ3v) is 6.83. The predicted molar refractivity (Wildman–Crippen MR) is 132 cm³/mol. The number of carbonyl (C=O) groups is 2. The smallest absolute Gasteiger partial charge is 0.295 e. The van der Waals surface area contributed by atoms with Crippen molar-refractivity contribution in [2.45, 2.75) is 6.04 Å². The van der Waals surface area contributed by atoms with Crippen molar-refractivity contribution in [2.75, 3.05) is 53.6 Å². The number of nitrogens with zero attached hydrogens (tertiary/aromatic N) is 2. The lowest BCUT2D eigenvalue weighted by atomic mass is 9.95. The van der Waals surface area contributed by atoms with E-state index in [4.69, 9.17) is 14.2 Å². The van der Waals surface area contributed by atoms with Gasteiger partial charge in [-0.15, -0.1) is 0 Å². The number of benzene rings is 2. The highest BCUT2D eigenvalue weighted by Gasteiger charge is 2.46. The van der Waals surface area contributed by atoms with Gasteiger partial charge in [0, 0.05) is 31.7 Å². The fourth-order valence-corrected chi connectivity index (χ4v) is 4.82. The third-order valence-electron chi connectivity index (χ3n) is 6.23. The lowest BCUT2D eigenvalue weighted by Crippen LogP contribution is -2.42. The maximum atomic E-state index is 13.3. The highest BCUT2D eigenvalue weighted by molar-refractivity contribution is 9.10. The molecule has 1 atom stereocenters. The molecule has 0 spiro atoms. The summed E-state index contributed by atoms with van der Waals surface area (Å²) in [6, 6.07) is 8.96. The van der Waals surface area contributed by atoms with E-state index in [-0.39, 0.29) is 29.4 Å². The molecule has 2 aliphatic rings. The Hall–Kier alpha value is -3.08. The summed E-state index contributed by atoms with van der Waals surface area (Å²) in [5.74, 6) is -1.20. The SMILES string of the molecule is COc1cccc(/C(O)=C2\C(=O)C(=O)N(CCN3CCOCC3)C2c2cc(Br)c(O)c(OC)c2)c1. The molecule has 9 nitrogen and oxygen atoms in total. The van der Waals surface area contributed by atoms with E-state index in [2.05, 4.69) is 20.8 Å². The van der Waals surface area contributed by atoms with Gasteiger partial charge in [-0.05, 0) is 45.8 Å². The molecule has 2 saturated heterocycles. The van der Waals surface area contributed by atoms with Crippen LogP contribution in [0, 0.1) is 0 Å². The minimum absolute atomic E-state index is 0.0372. The molecule has 4 rings (SSSR count). The fourth-order valence-electron chi connectivity index (χ4n) is 4.36. The molecule has 0 saturated carbocycles. The first-order chi connectivity index (χ1) is 16.8. The maximum Gasteiger partial charge on any atom is 0.295 e. The highest BCUT2D eigenvalue weighted by Crippen LogP contribution is 2.44. The first-order valence-electron chi connectivity index (χ1n) is 11.1. The van der Waals surface area contributed by atoms with E-state index >= 15 is 0 Å². The number of carbonyl (C=O) groups excluding carboxylic acids is 2. The van der Waals surface area contributed by atoms with Crippen molar-refractivity contribution < 1.29 is 34.0 Å². The van der Waals surface area contributed by atoms with Crippen molar-refractivity contribution in [1.82, 2.24) is 9.80 Å². The molecule has 0 aliphatic carbocycles. The fraction of sp³-hybridized carbons (Fsp3) is 0.360. The molecule has 0 bridgehead atoms. The number of likely N-dealkylation sites (tertiary alicyclic amines) is 1. The third kappa shape index (κ3) is 5.00. The molecule has 2 heterocycles. The van der Waals surface area contributed by atoms with E-state index < -0.39 is 17.7 Å². The number of phenols is 1. The molecular formula is C25H27BrN2O7. The number of hydrogen-bond acceptors (Lipinski definition) is 8. The van der Waals surface area contributed by atoms with Gasteiger partial charge < -0.3 is 29.3 Å². The number of hydrogen-bond donors (Lipinski definition) is 2. The van der Waals surface area contributed by atoms with Gasteiger partial charge in [-0.1, -0.05) is 12.1 Å². The van der Waals surface area contributed by atoms with Crippen molar-refractivity contribution >= 4 is 33.4 Å². The molecule has 2 fully saturated rings. The van der Waals surface area contributed by atoms with Crippen molar-refractivity contribution in [3.05, 3.63) is 57.6 Å². The number of ketones is 1. The Labute approximate surface area is 211 Å². The number of Topliss-reactive ketones (excluding diaryl/α,β-unsaturated/α-hetero) is 1. The van der Waals surface area contributed by atoms with Crippen LogP contribution < -0.4 is 9.47 Å². The molecule has 2 aromatic rings. The van der Waals surface area contributed by atoms with Gasteiger partial charge in [-0.2, -0.15) is 0 Å². The number of aliphatic hydroxyl groups is 1. The Bertz CT molecular complexity index is 1160. The van der Waals surface area contributed by atoms with Crippen LogP contribution in [-0.2, 0) is 14.3 Å². The molecule has 35 heavy (non-hydrogen) atoms. The van der Waals surface area contributed by atoms with E-state index in [1.54, 1.807) is 36.4 Å². The van der Waals surface area contributed by atoms with Gasteiger partial charge in [0.15, 0.2) is 11.5 Å². The summed E-state index contributed by atoms with van der Waals surface area (Å²) in [6.45, 7) is 3.50. The van der Waals surface area contributed by atoms with Crippen LogP contribution in [0.3, 0.4) is 0 Å². The standard InChI is InChI=1S/C25H27BrN2O7/c1-33-17-5-3-4-15(12-17)22(29)20-21(16-13-18(26)23(30)19(14-16)34-2)28(25(32)24(20)31)7-6-27-8-10-35-11-9-27/h3-5,12-14,21,29-30H,6-11H2,1-2H3/b22-20+. The van der Waals surface area contributed by atoms with E-state index in [9.17, 15) is 19.8 Å². The second-order valence-corrected chi connectivity index (χ2v) is 9.09. The summed E-state index contributed by atoms with van der Waals surface area (Å²) >= 11 is 3.32. The van der Waals surface area contributed by atoms with Crippen LogP contribution in [-0.4, -0.2) is 85.3 Å². The van der Waals surface area contributed by atoms with Crippen LogP contribution in [0.5, 0.6) is 17.2 Å². The molecule has 1 amide bonds. The van der Waals surface area contributed by atoms with Crippen LogP contribution in [0.1, 0.15) is 17.2 Å². The maximum absolute atomic E-state index is 13.3. The predicted octanol–water partition coefficient (Wildman–Crippen LogP) is 2.93.